The average Bonchev–Trinajstić information content (AvgIpc) is 2.82. The van der Waals surface area contributed by atoms with Gasteiger partial charge in [-0.2, -0.15) is 0 Å². The summed E-state index contributed by atoms with van der Waals surface area (Å²) in [4.78, 5) is 16.8. The Hall–Kier alpha value is -1.79. The molecule has 0 saturated carbocycles. The first-order chi connectivity index (χ1) is 15.6. The van der Waals surface area contributed by atoms with Crippen LogP contribution in [-0.4, -0.2) is 61.6 Å². The van der Waals surface area contributed by atoms with E-state index >= 15 is 0 Å². The first-order valence-corrected chi connectivity index (χ1v) is 12.3. The maximum atomic E-state index is 12.4. The van der Waals surface area contributed by atoms with E-state index in [1.807, 2.05) is 29.2 Å². The van der Waals surface area contributed by atoms with E-state index in [4.69, 9.17) is 23.2 Å². The number of halogens is 2. The summed E-state index contributed by atoms with van der Waals surface area (Å²) in [7, 11) is 0. The molecule has 0 aliphatic carbocycles. The van der Waals surface area contributed by atoms with Crippen molar-refractivity contribution in [2.24, 2.45) is 5.92 Å². The lowest BCUT2D eigenvalue weighted by atomic mass is 9.91. The van der Waals surface area contributed by atoms with Gasteiger partial charge in [-0.15, -0.1) is 0 Å². The van der Waals surface area contributed by atoms with Crippen molar-refractivity contribution in [3.05, 3.63) is 63.6 Å². The van der Waals surface area contributed by atoms with E-state index in [1.54, 1.807) is 0 Å². The second-order valence-corrected chi connectivity index (χ2v) is 9.69. The molecule has 5 nitrogen and oxygen atoms in total. The zero-order valence-electron chi connectivity index (χ0n) is 18.5. The topological polar surface area (TPSA) is 47.6 Å². The molecule has 0 bridgehead atoms. The number of amides is 2. The summed E-state index contributed by atoms with van der Waals surface area (Å²) in [5.74, 6) is 0.666. The molecular weight excluding hydrogens is 443 g/mol. The van der Waals surface area contributed by atoms with Gasteiger partial charge in [0.2, 0.25) is 0 Å². The molecular formula is C25H32Cl2N4O. The molecule has 2 aliphatic heterocycles. The van der Waals surface area contributed by atoms with Crippen LogP contribution in [0.5, 0.6) is 0 Å². The second kappa shape index (κ2) is 11.4. The molecule has 1 atom stereocenters. The van der Waals surface area contributed by atoms with Gasteiger partial charge in [0.25, 0.3) is 0 Å². The molecule has 4 rings (SSSR count). The summed E-state index contributed by atoms with van der Waals surface area (Å²) in [5, 5.41) is 7.54. The van der Waals surface area contributed by atoms with Crippen LogP contribution in [0.15, 0.2) is 42.5 Å². The number of rotatable bonds is 6. The first kappa shape index (κ1) is 23.4. The van der Waals surface area contributed by atoms with Crippen LogP contribution in [-0.2, 0) is 12.8 Å². The maximum Gasteiger partial charge on any atom is 0.321 e. The molecule has 32 heavy (non-hydrogen) atoms. The van der Waals surface area contributed by atoms with Crippen molar-refractivity contribution in [2.45, 2.75) is 25.7 Å². The number of anilines is 1. The molecule has 2 aromatic rings. The van der Waals surface area contributed by atoms with Crippen LogP contribution in [0.1, 0.15) is 24.0 Å². The molecule has 2 saturated heterocycles. The Morgan fingerprint density at radius 2 is 1.75 bits per heavy atom. The van der Waals surface area contributed by atoms with Gasteiger partial charge < -0.3 is 20.4 Å². The Morgan fingerprint density at radius 1 is 1.00 bits per heavy atom. The highest BCUT2D eigenvalue weighted by molar-refractivity contribution is 6.42. The van der Waals surface area contributed by atoms with Gasteiger partial charge in [-0.05, 0) is 73.5 Å². The highest BCUT2D eigenvalue weighted by Crippen LogP contribution is 2.25. The van der Waals surface area contributed by atoms with Gasteiger partial charge in [-0.25, -0.2) is 4.79 Å². The van der Waals surface area contributed by atoms with Crippen LogP contribution in [0, 0.1) is 5.92 Å². The summed E-state index contributed by atoms with van der Waals surface area (Å²) < 4.78 is 0. The third-order valence-electron chi connectivity index (χ3n) is 6.44. The van der Waals surface area contributed by atoms with E-state index in [1.165, 1.54) is 24.0 Å². The SMILES string of the molecule is O=C(Nc1ccc(C[C@H]2CCCN(CCc3ccc(Cl)c(Cl)c3)C2)cc1)N1CCNCC1. The second-order valence-electron chi connectivity index (χ2n) is 8.88. The van der Waals surface area contributed by atoms with Gasteiger partial charge in [0.15, 0.2) is 0 Å². The zero-order chi connectivity index (χ0) is 22.3. The van der Waals surface area contributed by atoms with E-state index in [2.05, 4.69) is 33.7 Å². The van der Waals surface area contributed by atoms with Crippen LogP contribution < -0.4 is 10.6 Å². The lowest BCUT2D eigenvalue weighted by Gasteiger charge is -2.33. The van der Waals surface area contributed by atoms with E-state index in [0.29, 0.717) is 16.0 Å². The van der Waals surface area contributed by atoms with Crippen molar-refractivity contribution in [3.63, 3.8) is 0 Å². The number of likely N-dealkylation sites (tertiary alicyclic amines) is 1. The van der Waals surface area contributed by atoms with E-state index in [0.717, 1.165) is 64.3 Å². The minimum absolute atomic E-state index is 0.0100. The predicted molar refractivity (Wildman–Crippen MR) is 133 cm³/mol. The number of hydrogen-bond acceptors (Lipinski definition) is 3. The first-order valence-electron chi connectivity index (χ1n) is 11.6. The molecule has 2 aromatic carbocycles. The van der Waals surface area contributed by atoms with Gasteiger partial charge in [0.05, 0.1) is 10.0 Å². The molecule has 2 fully saturated rings. The van der Waals surface area contributed by atoms with Crippen LogP contribution in [0.4, 0.5) is 10.5 Å². The number of urea groups is 1. The third-order valence-corrected chi connectivity index (χ3v) is 7.18. The molecule has 2 heterocycles. The number of nitrogens with one attached hydrogen (secondary N) is 2. The molecule has 172 valence electrons. The molecule has 2 N–H and O–H groups in total. The minimum Gasteiger partial charge on any atom is -0.322 e. The van der Waals surface area contributed by atoms with Crippen molar-refractivity contribution < 1.29 is 4.79 Å². The van der Waals surface area contributed by atoms with Crippen molar-refractivity contribution in [1.82, 2.24) is 15.1 Å². The Morgan fingerprint density at radius 3 is 2.50 bits per heavy atom. The number of piperidine rings is 1. The van der Waals surface area contributed by atoms with E-state index < -0.39 is 0 Å². The fraction of sp³-hybridized carbons (Fsp3) is 0.480. The summed E-state index contributed by atoms with van der Waals surface area (Å²) >= 11 is 12.2. The molecule has 7 heteroatoms. The number of benzene rings is 2. The van der Waals surface area contributed by atoms with Crippen LogP contribution in [0.25, 0.3) is 0 Å². The van der Waals surface area contributed by atoms with Crippen molar-refractivity contribution in [3.8, 4) is 0 Å². The molecule has 2 aliphatic rings. The lowest BCUT2D eigenvalue weighted by molar-refractivity contribution is 0.176. The highest BCUT2D eigenvalue weighted by atomic mass is 35.5. The largest absolute Gasteiger partial charge is 0.322 e. The van der Waals surface area contributed by atoms with Crippen LogP contribution >= 0.6 is 23.2 Å². The quantitative estimate of drug-likeness (QED) is 0.623. The Kier molecular flexibility index (Phi) is 8.31. The van der Waals surface area contributed by atoms with Gasteiger partial charge in [0, 0.05) is 45.0 Å². The predicted octanol–water partition coefficient (Wildman–Crippen LogP) is 4.93. The van der Waals surface area contributed by atoms with E-state index in [9.17, 15) is 4.79 Å². The fourth-order valence-corrected chi connectivity index (χ4v) is 4.95. The zero-order valence-corrected chi connectivity index (χ0v) is 20.0. The minimum atomic E-state index is -0.0100. The number of hydrogen-bond donors (Lipinski definition) is 2. The molecule has 0 unspecified atom stereocenters. The summed E-state index contributed by atoms with van der Waals surface area (Å²) in [5.41, 5.74) is 3.44. The summed E-state index contributed by atoms with van der Waals surface area (Å²) in [6.07, 6.45) is 4.58. The van der Waals surface area contributed by atoms with Gasteiger partial charge in [-0.1, -0.05) is 41.4 Å². The van der Waals surface area contributed by atoms with Crippen LogP contribution in [0.2, 0.25) is 10.0 Å². The van der Waals surface area contributed by atoms with E-state index in [-0.39, 0.29) is 6.03 Å². The Labute approximate surface area is 201 Å². The highest BCUT2D eigenvalue weighted by Gasteiger charge is 2.20. The van der Waals surface area contributed by atoms with Crippen LogP contribution in [0.3, 0.4) is 0 Å². The normalized spacial score (nSPS) is 19.7. The number of carbonyl (C=O) groups excluding carboxylic acids is 1. The molecule has 2 amide bonds. The van der Waals surface area contributed by atoms with Gasteiger partial charge in [0.1, 0.15) is 0 Å². The van der Waals surface area contributed by atoms with Crippen molar-refractivity contribution in [2.75, 3.05) is 51.1 Å². The molecule has 0 radical (unpaired) electrons. The van der Waals surface area contributed by atoms with Gasteiger partial charge in [-0.3, -0.25) is 0 Å². The Bertz CT molecular complexity index is 899. The maximum absolute atomic E-state index is 12.4. The third kappa shape index (κ3) is 6.61. The lowest BCUT2D eigenvalue weighted by Crippen LogP contribution is -2.48. The monoisotopic (exact) mass is 474 g/mol. The Balaban J connectivity index is 1.24. The number of piperazine rings is 1. The number of carbonyl (C=O) groups is 1. The fourth-order valence-electron chi connectivity index (χ4n) is 4.63. The molecule has 0 spiro atoms. The van der Waals surface area contributed by atoms with Gasteiger partial charge >= 0.3 is 6.03 Å². The number of nitrogens with zero attached hydrogens (tertiary/aromatic N) is 2. The smallest absolute Gasteiger partial charge is 0.321 e. The summed E-state index contributed by atoms with van der Waals surface area (Å²) in [6.45, 7) is 6.57. The standard InChI is InChI=1S/C25H32Cl2N4O/c26-23-8-5-20(17-24(23)27)9-13-30-12-1-2-21(18-30)16-19-3-6-22(7-4-19)29-25(32)31-14-10-28-11-15-31/h3-8,17,21,28H,1-2,9-16,18H2,(H,29,32)/t21-/m1/s1. The van der Waals surface area contributed by atoms with Crippen molar-refractivity contribution >= 4 is 34.9 Å². The summed E-state index contributed by atoms with van der Waals surface area (Å²) in [6, 6.07) is 14.3. The molecule has 0 aromatic heterocycles. The average molecular weight is 475 g/mol. The van der Waals surface area contributed by atoms with Crippen molar-refractivity contribution in [1.29, 1.82) is 0 Å².